The highest BCUT2D eigenvalue weighted by molar-refractivity contribution is 5.96. The highest BCUT2D eigenvalue weighted by Gasteiger charge is 2.18. The van der Waals surface area contributed by atoms with E-state index in [2.05, 4.69) is 5.32 Å². The maximum Gasteiger partial charge on any atom is 0.255 e. The molecule has 1 heterocycles. The van der Waals surface area contributed by atoms with Crippen molar-refractivity contribution in [1.82, 2.24) is 5.32 Å². The van der Waals surface area contributed by atoms with E-state index in [1.54, 1.807) is 6.92 Å². The Bertz CT molecular complexity index is 629. The van der Waals surface area contributed by atoms with Crippen molar-refractivity contribution in [2.45, 2.75) is 33.9 Å². The first-order valence-corrected chi connectivity index (χ1v) is 6.56. The van der Waals surface area contributed by atoms with Crippen molar-refractivity contribution in [3.05, 3.63) is 58.0 Å². The zero-order valence-corrected chi connectivity index (χ0v) is 12.0. The van der Waals surface area contributed by atoms with Gasteiger partial charge in [0.25, 0.3) is 5.91 Å². The summed E-state index contributed by atoms with van der Waals surface area (Å²) in [4.78, 5) is 12.2. The smallest absolute Gasteiger partial charge is 0.255 e. The van der Waals surface area contributed by atoms with Crippen LogP contribution < -0.4 is 5.32 Å². The zero-order chi connectivity index (χ0) is 14.7. The minimum atomic E-state index is -0.133. The van der Waals surface area contributed by atoms with E-state index in [4.69, 9.17) is 9.52 Å². The molecule has 0 aliphatic carbocycles. The first-order valence-electron chi connectivity index (χ1n) is 6.56. The first kappa shape index (κ1) is 14.3. The molecular formula is C16H19NO3. The third-order valence-electron chi connectivity index (χ3n) is 3.42. The molecule has 0 spiro atoms. The Morgan fingerprint density at radius 3 is 2.50 bits per heavy atom. The van der Waals surface area contributed by atoms with Crippen molar-refractivity contribution in [3.63, 3.8) is 0 Å². The molecule has 20 heavy (non-hydrogen) atoms. The number of nitrogens with one attached hydrogen (secondary N) is 1. The molecule has 0 aliphatic heterocycles. The van der Waals surface area contributed by atoms with Crippen LogP contribution in [0, 0.1) is 20.8 Å². The topological polar surface area (TPSA) is 62.5 Å². The van der Waals surface area contributed by atoms with Crippen LogP contribution in [0.4, 0.5) is 0 Å². The van der Waals surface area contributed by atoms with Gasteiger partial charge < -0.3 is 14.8 Å². The molecular weight excluding hydrogens is 254 g/mol. The van der Waals surface area contributed by atoms with Crippen LogP contribution in [-0.2, 0) is 13.2 Å². The predicted octanol–water partition coefficient (Wildman–Crippen LogP) is 2.63. The molecule has 0 bridgehead atoms. The molecule has 1 aromatic heterocycles. The first-order chi connectivity index (χ1) is 9.52. The van der Waals surface area contributed by atoms with Gasteiger partial charge >= 0.3 is 0 Å². The van der Waals surface area contributed by atoms with Gasteiger partial charge in [-0.05, 0) is 31.9 Å². The number of amides is 1. The summed E-state index contributed by atoms with van der Waals surface area (Å²) >= 11 is 0. The number of furan rings is 1. The van der Waals surface area contributed by atoms with Gasteiger partial charge in [-0.1, -0.05) is 24.3 Å². The van der Waals surface area contributed by atoms with Crippen LogP contribution in [0.15, 0.2) is 28.7 Å². The Hall–Kier alpha value is -2.07. The van der Waals surface area contributed by atoms with Gasteiger partial charge in [-0.25, -0.2) is 0 Å². The van der Waals surface area contributed by atoms with Crippen LogP contribution in [0.3, 0.4) is 0 Å². The summed E-state index contributed by atoms with van der Waals surface area (Å²) in [6.07, 6.45) is 0. The Morgan fingerprint density at radius 1 is 1.20 bits per heavy atom. The number of aliphatic hydroxyl groups excluding tert-OH is 1. The van der Waals surface area contributed by atoms with Gasteiger partial charge in [0.2, 0.25) is 0 Å². The monoisotopic (exact) mass is 273 g/mol. The van der Waals surface area contributed by atoms with Crippen molar-refractivity contribution in [3.8, 4) is 0 Å². The molecule has 1 aromatic carbocycles. The number of rotatable bonds is 4. The van der Waals surface area contributed by atoms with E-state index in [1.165, 1.54) is 0 Å². The molecule has 1 amide bonds. The average Bonchev–Trinajstić information content (AvgIpc) is 2.70. The summed E-state index contributed by atoms with van der Waals surface area (Å²) in [5, 5.41) is 12.0. The van der Waals surface area contributed by atoms with Crippen LogP contribution in [0.2, 0.25) is 0 Å². The maximum atomic E-state index is 12.2. The van der Waals surface area contributed by atoms with Gasteiger partial charge in [0.05, 0.1) is 12.2 Å². The lowest BCUT2D eigenvalue weighted by Gasteiger charge is -2.07. The SMILES string of the molecule is Cc1oc(C)c(C(=O)NCc2cccc(CO)c2)c1C. The highest BCUT2D eigenvalue weighted by Crippen LogP contribution is 2.20. The lowest BCUT2D eigenvalue weighted by atomic mass is 10.1. The summed E-state index contributed by atoms with van der Waals surface area (Å²) < 4.78 is 5.46. The number of aryl methyl sites for hydroxylation is 2. The van der Waals surface area contributed by atoms with Crippen molar-refractivity contribution >= 4 is 5.91 Å². The van der Waals surface area contributed by atoms with E-state index in [-0.39, 0.29) is 12.5 Å². The molecule has 106 valence electrons. The van der Waals surface area contributed by atoms with Crippen molar-refractivity contribution in [2.24, 2.45) is 0 Å². The third kappa shape index (κ3) is 2.91. The van der Waals surface area contributed by atoms with Gasteiger partial charge in [0.1, 0.15) is 11.5 Å². The number of hydrogen-bond donors (Lipinski definition) is 2. The van der Waals surface area contributed by atoms with Crippen molar-refractivity contribution in [1.29, 1.82) is 0 Å². The quantitative estimate of drug-likeness (QED) is 0.900. The standard InChI is InChI=1S/C16H19NO3/c1-10-11(2)20-12(3)15(10)16(19)17-8-13-5-4-6-14(7-13)9-18/h4-7,18H,8-9H2,1-3H3,(H,17,19). The van der Waals surface area contributed by atoms with E-state index in [9.17, 15) is 4.79 Å². The van der Waals surface area contributed by atoms with E-state index in [0.29, 0.717) is 17.9 Å². The van der Waals surface area contributed by atoms with Crippen molar-refractivity contribution in [2.75, 3.05) is 0 Å². The summed E-state index contributed by atoms with van der Waals surface area (Å²) in [7, 11) is 0. The fourth-order valence-corrected chi connectivity index (χ4v) is 2.24. The van der Waals surface area contributed by atoms with Gasteiger partial charge in [-0.3, -0.25) is 4.79 Å². The van der Waals surface area contributed by atoms with Crippen LogP contribution >= 0.6 is 0 Å². The van der Waals surface area contributed by atoms with E-state index in [1.807, 2.05) is 38.1 Å². The zero-order valence-electron chi connectivity index (χ0n) is 12.0. The largest absolute Gasteiger partial charge is 0.466 e. The Morgan fingerprint density at radius 2 is 1.90 bits per heavy atom. The molecule has 0 saturated heterocycles. The molecule has 0 atom stereocenters. The number of aliphatic hydroxyl groups is 1. The van der Waals surface area contributed by atoms with Gasteiger partial charge in [-0.2, -0.15) is 0 Å². The number of benzene rings is 1. The lowest BCUT2D eigenvalue weighted by Crippen LogP contribution is -2.23. The summed E-state index contributed by atoms with van der Waals surface area (Å²) in [6, 6.07) is 7.50. The second-order valence-electron chi connectivity index (χ2n) is 4.88. The molecule has 2 aromatic rings. The summed E-state index contributed by atoms with van der Waals surface area (Å²) in [6.45, 7) is 5.95. The third-order valence-corrected chi connectivity index (χ3v) is 3.42. The second-order valence-corrected chi connectivity index (χ2v) is 4.88. The highest BCUT2D eigenvalue weighted by atomic mass is 16.3. The van der Waals surface area contributed by atoms with Crippen LogP contribution in [0.25, 0.3) is 0 Å². The van der Waals surface area contributed by atoms with Crippen molar-refractivity contribution < 1.29 is 14.3 Å². The van der Waals surface area contributed by atoms with Crippen LogP contribution in [0.1, 0.15) is 38.6 Å². The molecule has 0 saturated carbocycles. The lowest BCUT2D eigenvalue weighted by molar-refractivity contribution is 0.0949. The van der Waals surface area contributed by atoms with E-state index >= 15 is 0 Å². The van der Waals surface area contributed by atoms with Crippen LogP contribution in [0.5, 0.6) is 0 Å². The fourth-order valence-electron chi connectivity index (χ4n) is 2.24. The summed E-state index contributed by atoms with van der Waals surface area (Å²) in [5.41, 5.74) is 3.29. The van der Waals surface area contributed by atoms with Gasteiger partial charge in [0.15, 0.2) is 0 Å². The minimum absolute atomic E-state index is 0.000921. The molecule has 4 nitrogen and oxygen atoms in total. The summed E-state index contributed by atoms with van der Waals surface area (Å²) in [5.74, 6) is 1.28. The molecule has 0 aliphatic rings. The predicted molar refractivity (Wildman–Crippen MR) is 76.5 cm³/mol. The molecule has 2 N–H and O–H groups in total. The van der Waals surface area contributed by atoms with Gasteiger partial charge in [-0.15, -0.1) is 0 Å². The Kier molecular flexibility index (Phi) is 4.25. The van der Waals surface area contributed by atoms with E-state index in [0.717, 1.165) is 22.5 Å². The number of carbonyl (C=O) groups excluding carboxylic acids is 1. The number of carbonyl (C=O) groups is 1. The Balaban J connectivity index is 2.08. The van der Waals surface area contributed by atoms with E-state index < -0.39 is 0 Å². The molecule has 0 radical (unpaired) electrons. The average molecular weight is 273 g/mol. The minimum Gasteiger partial charge on any atom is -0.466 e. The fraction of sp³-hybridized carbons (Fsp3) is 0.312. The Labute approximate surface area is 118 Å². The number of hydrogen-bond acceptors (Lipinski definition) is 3. The van der Waals surface area contributed by atoms with Gasteiger partial charge in [0, 0.05) is 12.1 Å². The molecule has 2 rings (SSSR count). The van der Waals surface area contributed by atoms with Crippen LogP contribution in [-0.4, -0.2) is 11.0 Å². The molecule has 4 heteroatoms. The molecule has 0 unspecified atom stereocenters. The second kappa shape index (κ2) is 5.92. The normalized spacial score (nSPS) is 10.6. The maximum absolute atomic E-state index is 12.2. The molecule has 0 fully saturated rings.